The van der Waals surface area contributed by atoms with Gasteiger partial charge in [0.25, 0.3) is 5.91 Å². The van der Waals surface area contributed by atoms with Crippen LogP contribution in [0.1, 0.15) is 66.7 Å². The van der Waals surface area contributed by atoms with E-state index in [1.54, 1.807) is 6.07 Å². The summed E-state index contributed by atoms with van der Waals surface area (Å²) < 4.78 is 11.6. The van der Waals surface area contributed by atoms with Gasteiger partial charge in [-0.05, 0) is 49.6 Å². The van der Waals surface area contributed by atoms with E-state index in [4.69, 9.17) is 9.47 Å². The van der Waals surface area contributed by atoms with Crippen LogP contribution in [-0.4, -0.2) is 25.0 Å². The molecule has 0 spiro atoms. The number of thiophene rings is 1. The first-order chi connectivity index (χ1) is 13.9. The molecule has 0 saturated heterocycles. The molecule has 1 aromatic heterocycles. The van der Waals surface area contributed by atoms with E-state index in [1.807, 2.05) is 31.2 Å². The fourth-order valence-electron chi connectivity index (χ4n) is 2.61. The molecule has 2 N–H and O–H groups in total. The van der Waals surface area contributed by atoms with Crippen molar-refractivity contribution in [2.45, 2.75) is 53.1 Å². The fraction of sp³-hybridized carbons (Fsp3) is 0.455. The number of amides is 2. The summed E-state index contributed by atoms with van der Waals surface area (Å²) in [6.45, 7) is 9.20. The van der Waals surface area contributed by atoms with E-state index >= 15 is 0 Å². The Morgan fingerprint density at radius 2 is 1.72 bits per heavy atom. The van der Waals surface area contributed by atoms with Gasteiger partial charge in [-0.25, -0.2) is 0 Å². The smallest absolute Gasteiger partial charge is 0.261 e. The predicted molar refractivity (Wildman–Crippen MR) is 116 cm³/mol. The van der Waals surface area contributed by atoms with Crippen LogP contribution in [0.25, 0.3) is 0 Å². The third kappa shape index (κ3) is 7.09. The average molecular weight is 419 g/mol. The lowest BCUT2D eigenvalue weighted by Gasteiger charge is -2.17. The molecule has 1 unspecified atom stereocenters. The van der Waals surface area contributed by atoms with Gasteiger partial charge in [-0.1, -0.05) is 19.9 Å². The predicted octanol–water partition coefficient (Wildman–Crippen LogP) is 4.45. The number of hydrogen-bond donors (Lipinski definition) is 2. The van der Waals surface area contributed by atoms with Crippen LogP contribution in [0, 0.1) is 0 Å². The van der Waals surface area contributed by atoms with Crippen LogP contribution in [0.3, 0.4) is 0 Å². The van der Waals surface area contributed by atoms with Crippen LogP contribution >= 0.6 is 11.3 Å². The molecule has 0 aliphatic heterocycles. The highest BCUT2D eigenvalue weighted by molar-refractivity contribution is 7.14. The fourth-order valence-corrected chi connectivity index (χ4v) is 3.46. The van der Waals surface area contributed by atoms with E-state index in [-0.39, 0.29) is 17.9 Å². The normalized spacial score (nSPS) is 11.6. The second-order valence-electron chi connectivity index (χ2n) is 6.77. The van der Waals surface area contributed by atoms with Crippen molar-refractivity contribution in [2.75, 3.05) is 13.2 Å². The van der Waals surface area contributed by atoms with E-state index in [1.165, 1.54) is 18.3 Å². The zero-order valence-electron chi connectivity index (χ0n) is 17.5. The number of rotatable bonds is 11. The van der Waals surface area contributed by atoms with Crippen molar-refractivity contribution in [1.82, 2.24) is 10.6 Å². The molecule has 0 fully saturated rings. The zero-order chi connectivity index (χ0) is 21.2. The maximum absolute atomic E-state index is 12.6. The topological polar surface area (TPSA) is 76.7 Å². The molecule has 1 aromatic carbocycles. The Bertz CT molecular complexity index is 819. The molecule has 2 rings (SSSR count). The quantitative estimate of drug-likeness (QED) is 0.565. The van der Waals surface area contributed by atoms with Crippen LogP contribution in [0.2, 0.25) is 0 Å². The maximum atomic E-state index is 12.6. The van der Waals surface area contributed by atoms with E-state index in [0.717, 1.165) is 29.0 Å². The Morgan fingerprint density at radius 3 is 2.38 bits per heavy atom. The molecule has 0 bridgehead atoms. The lowest BCUT2D eigenvalue weighted by atomic mass is 10.1. The van der Waals surface area contributed by atoms with Crippen molar-refractivity contribution in [3.8, 4) is 11.5 Å². The van der Waals surface area contributed by atoms with Gasteiger partial charge in [0.2, 0.25) is 5.91 Å². The van der Waals surface area contributed by atoms with Crippen LogP contribution in [0.15, 0.2) is 30.3 Å². The molecule has 1 heterocycles. The summed E-state index contributed by atoms with van der Waals surface area (Å²) in [4.78, 5) is 25.2. The molecule has 0 radical (unpaired) electrons. The van der Waals surface area contributed by atoms with Crippen molar-refractivity contribution < 1.29 is 19.1 Å². The summed E-state index contributed by atoms with van der Waals surface area (Å²) in [5, 5.41) is 5.76. The van der Waals surface area contributed by atoms with Crippen LogP contribution in [0.5, 0.6) is 11.5 Å². The molecule has 7 heteroatoms. The highest BCUT2D eigenvalue weighted by Crippen LogP contribution is 2.31. The van der Waals surface area contributed by atoms with Gasteiger partial charge >= 0.3 is 0 Å². The van der Waals surface area contributed by atoms with Gasteiger partial charge in [0.15, 0.2) is 11.5 Å². The van der Waals surface area contributed by atoms with Crippen LogP contribution < -0.4 is 20.1 Å². The lowest BCUT2D eigenvalue weighted by Crippen LogP contribution is -2.26. The van der Waals surface area contributed by atoms with Gasteiger partial charge < -0.3 is 20.1 Å². The standard InChI is InChI=1S/C22H30N2O4S/c1-5-11-27-19-9-7-17(13-20(19)28-12-6-2)15(3)24-22(26)21-10-8-18(29-21)14-23-16(4)25/h7-10,13,15H,5-6,11-12,14H2,1-4H3,(H,23,25)(H,24,26). The van der Waals surface area contributed by atoms with Crippen molar-refractivity contribution in [3.63, 3.8) is 0 Å². The second-order valence-corrected chi connectivity index (χ2v) is 7.94. The van der Waals surface area contributed by atoms with Crippen LogP contribution in [0.4, 0.5) is 0 Å². The van der Waals surface area contributed by atoms with Crippen molar-refractivity contribution >= 4 is 23.2 Å². The minimum absolute atomic E-state index is 0.0921. The summed E-state index contributed by atoms with van der Waals surface area (Å²) in [5.74, 6) is 1.19. The number of hydrogen-bond acceptors (Lipinski definition) is 5. The molecule has 29 heavy (non-hydrogen) atoms. The van der Waals surface area contributed by atoms with E-state index in [2.05, 4.69) is 24.5 Å². The van der Waals surface area contributed by atoms with E-state index < -0.39 is 0 Å². The molecule has 1 atom stereocenters. The Morgan fingerprint density at radius 1 is 1.03 bits per heavy atom. The SMILES string of the molecule is CCCOc1ccc(C(C)NC(=O)c2ccc(CNC(C)=O)s2)cc1OCCC. The molecule has 0 aliphatic carbocycles. The minimum Gasteiger partial charge on any atom is -0.490 e. The first-order valence-corrected chi connectivity index (χ1v) is 10.8. The highest BCUT2D eigenvalue weighted by atomic mass is 32.1. The first kappa shape index (κ1) is 22.7. The van der Waals surface area contributed by atoms with Gasteiger partial charge in [-0.15, -0.1) is 11.3 Å². The zero-order valence-corrected chi connectivity index (χ0v) is 18.4. The van der Waals surface area contributed by atoms with Gasteiger partial charge in [0.05, 0.1) is 30.7 Å². The third-order valence-electron chi connectivity index (χ3n) is 4.14. The molecule has 2 amide bonds. The number of carbonyl (C=O) groups is 2. The molecule has 158 valence electrons. The van der Waals surface area contributed by atoms with Crippen molar-refractivity contribution in [1.29, 1.82) is 0 Å². The second kappa shape index (κ2) is 11.5. The Kier molecular flexibility index (Phi) is 8.99. The number of ether oxygens (including phenoxy) is 2. The number of carbonyl (C=O) groups excluding carboxylic acids is 2. The number of nitrogens with one attached hydrogen (secondary N) is 2. The van der Waals surface area contributed by atoms with Crippen LogP contribution in [-0.2, 0) is 11.3 Å². The largest absolute Gasteiger partial charge is 0.490 e. The Balaban J connectivity index is 2.05. The molecule has 6 nitrogen and oxygen atoms in total. The molecule has 0 saturated carbocycles. The van der Waals surface area contributed by atoms with Crippen molar-refractivity contribution in [2.24, 2.45) is 0 Å². The van der Waals surface area contributed by atoms with E-state index in [0.29, 0.717) is 30.4 Å². The summed E-state index contributed by atoms with van der Waals surface area (Å²) in [6, 6.07) is 9.23. The molecular formula is C22H30N2O4S. The monoisotopic (exact) mass is 418 g/mol. The van der Waals surface area contributed by atoms with Gasteiger partial charge in [-0.2, -0.15) is 0 Å². The van der Waals surface area contributed by atoms with E-state index in [9.17, 15) is 9.59 Å². The highest BCUT2D eigenvalue weighted by Gasteiger charge is 2.16. The number of benzene rings is 1. The summed E-state index contributed by atoms with van der Waals surface area (Å²) in [5.41, 5.74) is 0.948. The third-order valence-corrected chi connectivity index (χ3v) is 5.22. The minimum atomic E-state index is -0.187. The lowest BCUT2D eigenvalue weighted by molar-refractivity contribution is -0.119. The summed E-state index contributed by atoms with van der Waals surface area (Å²) >= 11 is 1.37. The Labute approximate surface area is 176 Å². The molecule has 2 aromatic rings. The average Bonchev–Trinajstić information content (AvgIpc) is 3.18. The van der Waals surface area contributed by atoms with Crippen molar-refractivity contribution in [3.05, 3.63) is 45.6 Å². The van der Waals surface area contributed by atoms with Gasteiger partial charge in [-0.3, -0.25) is 9.59 Å². The van der Waals surface area contributed by atoms with Gasteiger partial charge in [0, 0.05) is 11.8 Å². The summed E-state index contributed by atoms with van der Waals surface area (Å²) in [7, 11) is 0. The van der Waals surface area contributed by atoms with Gasteiger partial charge in [0.1, 0.15) is 0 Å². The summed E-state index contributed by atoms with van der Waals surface area (Å²) in [6.07, 6.45) is 1.83. The molecule has 0 aliphatic rings. The molecular weight excluding hydrogens is 388 g/mol. The first-order valence-electron chi connectivity index (χ1n) is 9.98. The Hall–Kier alpha value is -2.54. The maximum Gasteiger partial charge on any atom is 0.261 e.